The number of carbonyl (C=O) groups excluding carboxylic acids is 1. The van der Waals surface area contributed by atoms with Crippen LogP contribution in [-0.2, 0) is 11.2 Å². The molecule has 0 fully saturated rings. The molecule has 27 heavy (non-hydrogen) atoms. The molecule has 0 aliphatic rings. The lowest BCUT2D eigenvalue weighted by Crippen LogP contribution is -2.34. The Morgan fingerprint density at radius 2 is 1.81 bits per heavy atom. The van der Waals surface area contributed by atoms with Gasteiger partial charge in [0, 0.05) is 18.5 Å². The number of rotatable bonds is 9. The van der Waals surface area contributed by atoms with E-state index in [1.165, 1.54) is 0 Å². The highest BCUT2D eigenvalue weighted by atomic mass is 79.9. The first-order valence-corrected chi connectivity index (χ1v) is 9.64. The normalized spacial score (nSPS) is 11.9. The van der Waals surface area contributed by atoms with Gasteiger partial charge in [0.15, 0.2) is 0 Å². The Labute approximate surface area is 169 Å². The van der Waals surface area contributed by atoms with Crippen LogP contribution in [-0.4, -0.2) is 45.7 Å². The maximum absolute atomic E-state index is 12.3. The third-order valence-electron chi connectivity index (χ3n) is 4.47. The summed E-state index contributed by atoms with van der Waals surface area (Å²) in [6.07, 6.45) is 1.11. The van der Waals surface area contributed by atoms with Crippen LogP contribution in [0.4, 0.5) is 0 Å². The number of amides is 1. The van der Waals surface area contributed by atoms with Crippen LogP contribution in [0.5, 0.6) is 11.5 Å². The Hall–Kier alpha value is -2.05. The van der Waals surface area contributed by atoms with E-state index < -0.39 is 0 Å². The van der Waals surface area contributed by atoms with E-state index in [0.717, 1.165) is 27.1 Å². The summed E-state index contributed by atoms with van der Waals surface area (Å²) in [5.41, 5.74) is 2.15. The van der Waals surface area contributed by atoms with Crippen molar-refractivity contribution in [3.05, 3.63) is 58.1 Å². The predicted octanol–water partition coefficient (Wildman–Crippen LogP) is 3.82. The maximum atomic E-state index is 12.3. The van der Waals surface area contributed by atoms with Gasteiger partial charge in [-0.2, -0.15) is 0 Å². The van der Waals surface area contributed by atoms with Gasteiger partial charge >= 0.3 is 0 Å². The second kappa shape index (κ2) is 10.3. The monoisotopic (exact) mass is 434 g/mol. The van der Waals surface area contributed by atoms with Gasteiger partial charge in [0.2, 0.25) is 5.91 Å². The number of ether oxygens (including phenoxy) is 2. The Morgan fingerprint density at radius 1 is 1.11 bits per heavy atom. The molecule has 0 aromatic heterocycles. The molecule has 0 aliphatic heterocycles. The molecule has 0 spiro atoms. The van der Waals surface area contributed by atoms with Crippen molar-refractivity contribution in [2.24, 2.45) is 0 Å². The molecule has 6 heteroatoms. The molecule has 2 aromatic carbocycles. The van der Waals surface area contributed by atoms with Gasteiger partial charge in [0.1, 0.15) is 11.5 Å². The third kappa shape index (κ3) is 5.97. The van der Waals surface area contributed by atoms with Crippen molar-refractivity contribution in [2.75, 3.05) is 34.9 Å². The Bertz CT molecular complexity index is 765. The minimum absolute atomic E-state index is 0.0312. The third-order valence-corrected chi connectivity index (χ3v) is 5.09. The second-order valence-electron chi connectivity index (χ2n) is 6.49. The molecular weight excluding hydrogens is 408 g/mol. The first-order valence-electron chi connectivity index (χ1n) is 8.84. The zero-order valence-electron chi connectivity index (χ0n) is 16.3. The van der Waals surface area contributed by atoms with Crippen molar-refractivity contribution in [1.29, 1.82) is 0 Å². The van der Waals surface area contributed by atoms with E-state index in [9.17, 15) is 4.79 Å². The van der Waals surface area contributed by atoms with E-state index in [1.54, 1.807) is 14.2 Å². The van der Waals surface area contributed by atoms with Gasteiger partial charge in [-0.3, -0.25) is 4.79 Å². The van der Waals surface area contributed by atoms with Gasteiger partial charge in [-0.1, -0.05) is 24.3 Å². The lowest BCUT2D eigenvalue weighted by atomic mass is 10.0. The number of hydrogen-bond donors (Lipinski definition) is 1. The number of halogens is 1. The number of para-hydroxylation sites is 1. The molecule has 1 unspecified atom stereocenters. The van der Waals surface area contributed by atoms with Crippen LogP contribution in [0.15, 0.2) is 46.9 Å². The molecule has 1 atom stereocenters. The topological polar surface area (TPSA) is 50.8 Å². The quantitative estimate of drug-likeness (QED) is 0.651. The Balaban J connectivity index is 1.93. The number of nitrogens with zero attached hydrogens (tertiary/aromatic N) is 1. The fourth-order valence-electron chi connectivity index (χ4n) is 2.93. The number of carbonyl (C=O) groups is 1. The van der Waals surface area contributed by atoms with Crippen molar-refractivity contribution in [1.82, 2.24) is 10.2 Å². The smallest absolute Gasteiger partial charge is 0.220 e. The number of aryl methyl sites for hydroxylation is 1. The average Bonchev–Trinajstić information content (AvgIpc) is 2.66. The van der Waals surface area contributed by atoms with Gasteiger partial charge in [-0.05, 0) is 60.2 Å². The lowest BCUT2D eigenvalue weighted by molar-refractivity contribution is -0.121. The number of likely N-dealkylation sites (N-methyl/N-ethyl adjacent to an activating group) is 1. The molecule has 0 saturated carbocycles. The van der Waals surface area contributed by atoms with Crippen LogP contribution in [0.25, 0.3) is 0 Å². The summed E-state index contributed by atoms with van der Waals surface area (Å²) < 4.78 is 11.6. The Morgan fingerprint density at radius 3 is 2.44 bits per heavy atom. The molecule has 1 amide bonds. The van der Waals surface area contributed by atoms with E-state index in [2.05, 4.69) is 26.1 Å². The highest BCUT2D eigenvalue weighted by molar-refractivity contribution is 9.10. The van der Waals surface area contributed by atoms with Gasteiger partial charge in [0.25, 0.3) is 0 Å². The van der Waals surface area contributed by atoms with Gasteiger partial charge < -0.3 is 19.7 Å². The number of nitrogens with one attached hydrogen (secondary N) is 1. The SMILES string of the molecule is COc1ccc(CCC(=O)NCC(c2ccccc2OC)N(C)C)cc1Br. The average molecular weight is 435 g/mol. The number of methoxy groups -OCH3 is 2. The molecule has 2 rings (SSSR count). The molecule has 0 aliphatic carbocycles. The van der Waals surface area contributed by atoms with Crippen LogP contribution in [0.3, 0.4) is 0 Å². The van der Waals surface area contributed by atoms with Crippen molar-refractivity contribution < 1.29 is 14.3 Å². The van der Waals surface area contributed by atoms with E-state index in [-0.39, 0.29) is 11.9 Å². The van der Waals surface area contributed by atoms with Crippen molar-refractivity contribution in [3.63, 3.8) is 0 Å². The standard InChI is InChI=1S/C21H27BrN2O3/c1-24(2)18(16-7-5-6-8-19(16)26-3)14-23-21(25)12-10-15-9-11-20(27-4)17(22)13-15/h5-9,11,13,18H,10,12,14H2,1-4H3,(H,23,25). The largest absolute Gasteiger partial charge is 0.496 e. The summed E-state index contributed by atoms with van der Waals surface area (Å²) in [4.78, 5) is 14.4. The van der Waals surface area contributed by atoms with E-state index in [0.29, 0.717) is 19.4 Å². The molecule has 0 bridgehead atoms. The summed E-state index contributed by atoms with van der Waals surface area (Å²) >= 11 is 3.48. The summed E-state index contributed by atoms with van der Waals surface area (Å²) in [7, 11) is 7.30. The first-order chi connectivity index (χ1) is 13.0. The van der Waals surface area contributed by atoms with E-state index in [4.69, 9.17) is 9.47 Å². The highest BCUT2D eigenvalue weighted by Crippen LogP contribution is 2.28. The molecule has 0 heterocycles. The highest BCUT2D eigenvalue weighted by Gasteiger charge is 2.19. The number of benzene rings is 2. The van der Waals surface area contributed by atoms with Crippen molar-refractivity contribution in [3.8, 4) is 11.5 Å². The fourth-order valence-corrected chi connectivity index (χ4v) is 3.52. The molecule has 0 saturated heterocycles. The summed E-state index contributed by atoms with van der Waals surface area (Å²) in [5, 5.41) is 3.05. The van der Waals surface area contributed by atoms with Crippen LogP contribution < -0.4 is 14.8 Å². The minimum atomic E-state index is 0.0312. The van der Waals surface area contributed by atoms with Crippen LogP contribution in [0.1, 0.15) is 23.6 Å². The van der Waals surface area contributed by atoms with Gasteiger partial charge in [-0.15, -0.1) is 0 Å². The van der Waals surface area contributed by atoms with Gasteiger partial charge in [0.05, 0.1) is 24.7 Å². The minimum Gasteiger partial charge on any atom is -0.496 e. The van der Waals surface area contributed by atoms with Crippen LogP contribution >= 0.6 is 15.9 Å². The molecule has 1 N–H and O–H groups in total. The van der Waals surface area contributed by atoms with E-state index in [1.807, 2.05) is 56.6 Å². The fraction of sp³-hybridized carbons (Fsp3) is 0.381. The molecule has 5 nitrogen and oxygen atoms in total. The van der Waals surface area contributed by atoms with E-state index >= 15 is 0 Å². The van der Waals surface area contributed by atoms with Gasteiger partial charge in [-0.25, -0.2) is 0 Å². The van der Waals surface area contributed by atoms with Crippen molar-refractivity contribution >= 4 is 21.8 Å². The summed E-state index contributed by atoms with van der Waals surface area (Å²) in [6, 6.07) is 13.8. The molecular formula is C21H27BrN2O3. The van der Waals surface area contributed by atoms with Crippen LogP contribution in [0.2, 0.25) is 0 Å². The predicted molar refractivity (Wildman–Crippen MR) is 111 cm³/mol. The van der Waals surface area contributed by atoms with Crippen molar-refractivity contribution in [2.45, 2.75) is 18.9 Å². The first kappa shape index (κ1) is 21.3. The maximum Gasteiger partial charge on any atom is 0.220 e. The molecule has 146 valence electrons. The van der Waals surface area contributed by atoms with Crippen LogP contribution in [0, 0.1) is 0 Å². The zero-order valence-corrected chi connectivity index (χ0v) is 17.9. The Kier molecular flexibility index (Phi) is 8.13. The molecule has 2 aromatic rings. The summed E-state index contributed by atoms with van der Waals surface area (Å²) in [6.45, 7) is 0.526. The lowest BCUT2D eigenvalue weighted by Gasteiger charge is -2.26. The zero-order chi connectivity index (χ0) is 19.8. The number of hydrogen-bond acceptors (Lipinski definition) is 4. The summed E-state index contributed by atoms with van der Waals surface area (Å²) in [5.74, 6) is 1.64. The second-order valence-corrected chi connectivity index (χ2v) is 7.35. The molecule has 0 radical (unpaired) electrons.